The summed E-state index contributed by atoms with van der Waals surface area (Å²) in [5.74, 6) is 0.537. The average Bonchev–Trinajstić information content (AvgIpc) is 3.11. The van der Waals surface area contributed by atoms with Gasteiger partial charge in [0.05, 0.1) is 11.3 Å². The van der Waals surface area contributed by atoms with E-state index in [1.807, 2.05) is 34.9 Å². The van der Waals surface area contributed by atoms with Crippen LogP contribution in [-0.2, 0) is 17.6 Å². The summed E-state index contributed by atoms with van der Waals surface area (Å²) in [6, 6.07) is 16.0. The SMILES string of the molecule is CCCCC(=O)Nc1cccc(SCC(=O)n2c3c(c4ccccc42)CCCC3)c1. The number of fused-ring (bicyclic) bond motifs is 3. The van der Waals surface area contributed by atoms with Gasteiger partial charge in [0.25, 0.3) is 0 Å². The molecule has 1 aromatic heterocycles. The molecule has 0 unspecified atom stereocenters. The Morgan fingerprint density at radius 3 is 2.77 bits per heavy atom. The van der Waals surface area contributed by atoms with E-state index in [-0.39, 0.29) is 11.8 Å². The zero-order valence-electron chi connectivity index (χ0n) is 17.4. The van der Waals surface area contributed by atoms with E-state index < -0.39 is 0 Å². The highest BCUT2D eigenvalue weighted by molar-refractivity contribution is 8.00. The van der Waals surface area contributed by atoms with Crippen molar-refractivity contribution in [1.82, 2.24) is 4.57 Å². The largest absolute Gasteiger partial charge is 0.326 e. The smallest absolute Gasteiger partial charge is 0.241 e. The lowest BCUT2D eigenvalue weighted by molar-refractivity contribution is -0.116. The molecule has 156 valence electrons. The third-order valence-electron chi connectivity index (χ3n) is 5.67. The van der Waals surface area contributed by atoms with Gasteiger partial charge in [0.2, 0.25) is 11.8 Å². The van der Waals surface area contributed by atoms with Crippen LogP contribution in [0.3, 0.4) is 0 Å². The molecular formula is C25H28N2O2S. The van der Waals surface area contributed by atoms with Gasteiger partial charge in [-0.25, -0.2) is 0 Å². The minimum atomic E-state index is 0.0421. The van der Waals surface area contributed by atoms with Crippen molar-refractivity contribution in [3.8, 4) is 0 Å². The number of unbranched alkanes of at least 4 members (excludes halogenated alkanes) is 1. The van der Waals surface area contributed by atoms with Crippen molar-refractivity contribution in [3.05, 3.63) is 59.8 Å². The van der Waals surface area contributed by atoms with E-state index in [1.165, 1.54) is 34.8 Å². The number of benzene rings is 2. The molecule has 1 amide bonds. The predicted octanol–water partition coefficient (Wildman–Crippen LogP) is 6.08. The Hall–Kier alpha value is -2.53. The maximum Gasteiger partial charge on any atom is 0.241 e. The van der Waals surface area contributed by atoms with Gasteiger partial charge in [-0.2, -0.15) is 0 Å². The van der Waals surface area contributed by atoms with Crippen LogP contribution in [0.1, 0.15) is 55.1 Å². The van der Waals surface area contributed by atoms with E-state index in [9.17, 15) is 9.59 Å². The van der Waals surface area contributed by atoms with Crippen LogP contribution in [0, 0.1) is 0 Å². The monoisotopic (exact) mass is 420 g/mol. The molecule has 0 radical (unpaired) electrons. The number of aromatic nitrogens is 1. The lowest BCUT2D eigenvalue weighted by Gasteiger charge is -2.15. The van der Waals surface area contributed by atoms with E-state index in [2.05, 4.69) is 30.4 Å². The first-order chi connectivity index (χ1) is 14.7. The van der Waals surface area contributed by atoms with E-state index in [0.29, 0.717) is 12.2 Å². The summed E-state index contributed by atoms with van der Waals surface area (Å²) < 4.78 is 1.95. The zero-order valence-corrected chi connectivity index (χ0v) is 18.3. The molecule has 0 saturated heterocycles. The highest BCUT2D eigenvalue weighted by atomic mass is 32.2. The van der Waals surface area contributed by atoms with Gasteiger partial charge < -0.3 is 5.32 Å². The van der Waals surface area contributed by atoms with Gasteiger partial charge >= 0.3 is 0 Å². The number of hydrogen-bond acceptors (Lipinski definition) is 3. The van der Waals surface area contributed by atoms with Crippen molar-refractivity contribution in [2.24, 2.45) is 0 Å². The van der Waals surface area contributed by atoms with Crippen molar-refractivity contribution in [3.63, 3.8) is 0 Å². The van der Waals surface area contributed by atoms with Crippen molar-refractivity contribution < 1.29 is 9.59 Å². The molecule has 1 aliphatic carbocycles. The fraction of sp³-hybridized carbons (Fsp3) is 0.360. The minimum absolute atomic E-state index is 0.0421. The van der Waals surface area contributed by atoms with Crippen molar-refractivity contribution in [2.45, 2.75) is 56.8 Å². The molecule has 3 aromatic rings. The number of carbonyl (C=O) groups excluding carboxylic acids is 2. The first-order valence-corrected chi connectivity index (χ1v) is 11.8. The first kappa shape index (κ1) is 20.7. The molecule has 1 N–H and O–H groups in total. The van der Waals surface area contributed by atoms with E-state index in [0.717, 1.165) is 48.2 Å². The number of anilines is 1. The standard InChI is InChI=1S/C25H28N2O2S/c1-2-3-15-24(28)26-18-9-8-10-19(16-18)30-17-25(29)27-22-13-6-4-11-20(22)21-12-5-7-14-23(21)27/h4,6,8-11,13,16H,2-3,5,7,12,14-15,17H2,1H3,(H,26,28). The number of nitrogens with zero attached hydrogens (tertiary/aromatic N) is 1. The van der Waals surface area contributed by atoms with Crippen molar-refractivity contribution in [2.75, 3.05) is 11.1 Å². The number of amides is 1. The summed E-state index contributed by atoms with van der Waals surface area (Å²) in [5.41, 5.74) is 4.38. The summed E-state index contributed by atoms with van der Waals surface area (Å²) in [5, 5.41) is 4.18. The lowest BCUT2D eigenvalue weighted by atomic mass is 9.96. The van der Waals surface area contributed by atoms with Crippen LogP contribution in [0.2, 0.25) is 0 Å². The summed E-state index contributed by atoms with van der Waals surface area (Å²) in [6.45, 7) is 2.08. The molecule has 1 heterocycles. The van der Waals surface area contributed by atoms with Crippen LogP contribution in [0.5, 0.6) is 0 Å². The normalized spacial score (nSPS) is 13.2. The van der Waals surface area contributed by atoms with Crippen LogP contribution in [0.25, 0.3) is 10.9 Å². The summed E-state index contributed by atoms with van der Waals surface area (Å²) in [4.78, 5) is 26.2. The van der Waals surface area contributed by atoms with Crippen LogP contribution in [0.15, 0.2) is 53.4 Å². The molecular weight excluding hydrogens is 392 g/mol. The van der Waals surface area contributed by atoms with Gasteiger partial charge in [-0.1, -0.05) is 37.6 Å². The second-order valence-electron chi connectivity index (χ2n) is 7.85. The maximum atomic E-state index is 13.2. The molecule has 5 heteroatoms. The molecule has 1 aliphatic rings. The fourth-order valence-corrected chi connectivity index (χ4v) is 5.02. The quantitative estimate of drug-likeness (QED) is 0.471. The third-order valence-corrected chi connectivity index (χ3v) is 6.64. The number of thioether (sulfide) groups is 1. The molecule has 0 spiro atoms. The highest BCUT2D eigenvalue weighted by Crippen LogP contribution is 2.33. The average molecular weight is 421 g/mol. The number of hydrogen-bond donors (Lipinski definition) is 1. The molecule has 2 aromatic carbocycles. The van der Waals surface area contributed by atoms with Gasteiger partial charge in [0.15, 0.2) is 0 Å². The van der Waals surface area contributed by atoms with Crippen LogP contribution >= 0.6 is 11.8 Å². The highest BCUT2D eigenvalue weighted by Gasteiger charge is 2.23. The topological polar surface area (TPSA) is 51.1 Å². The van der Waals surface area contributed by atoms with Gasteiger partial charge in [-0.15, -0.1) is 11.8 Å². The van der Waals surface area contributed by atoms with Gasteiger partial charge in [-0.3, -0.25) is 14.2 Å². The number of nitrogens with one attached hydrogen (secondary N) is 1. The predicted molar refractivity (Wildman–Crippen MR) is 125 cm³/mol. The minimum Gasteiger partial charge on any atom is -0.326 e. The molecule has 30 heavy (non-hydrogen) atoms. The van der Waals surface area contributed by atoms with E-state index >= 15 is 0 Å². The van der Waals surface area contributed by atoms with E-state index in [4.69, 9.17) is 0 Å². The molecule has 0 aliphatic heterocycles. The second kappa shape index (κ2) is 9.52. The van der Waals surface area contributed by atoms with Gasteiger partial charge in [-0.05, 0) is 61.9 Å². The third kappa shape index (κ3) is 4.46. The molecule has 0 saturated carbocycles. The van der Waals surface area contributed by atoms with Crippen molar-refractivity contribution in [1.29, 1.82) is 0 Å². The Balaban J connectivity index is 1.48. The van der Waals surface area contributed by atoms with Crippen LogP contribution < -0.4 is 5.32 Å². The summed E-state index contributed by atoms with van der Waals surface area (Å²) in [6.07, 6.45) is 6.80. The maximum absolute atomic E-state index is 13.2. The number of para-hydroxylation sites is 1. The van der Waals surface area contributed by atoms with Crippen LogP contribution in [-0.4, -0.2) is 22.1 Å². The first-order valence-electron chi connectivity index (χ1n) is 10.8. The summed E-state index contributed by atoms with van der Waals surface area (Å²) >= 11 is 1.52. The Bertz CT molecular complexity index is 1070. The Morgan fingerprint density at radius 2 is 1.90 bits per heavy atom. The lowest BCUT2D eigenvalue weighted by Crippen LogP contribution is -2.18. The summed E-state index contributed by atoms with van der Waals surface area (Å²) in [7, 11) is 0. The Labute approximate surface area is 182 Å². The van der Waals surface area contributed by atoms with Gasteiger partial charge in [0.1, 0.15) is 0 Å². The van der Waals surface area contributed by atoms with Crippen molar-refractivity contribution >= 4 is 40.2 Å². The fourth-order valence-electron chi connectivity index (χ4n) is 4.21. The number of aryl methyl sites for hydroxylation is 1. The molecule has 0 fully saturated rings. The van der Waals surface area contributed by atoms with E-state index in [1.54, 1.807) is 0 Å². The number of rotatable bonds is 7. The van der Waals surface area contributed by atoms with Crippen LogP contribution in [0.4, 0.5) is 5.69 Å². The zero-order chi connectivity index (χ0) is 20.9. The Kier molecular flexibility index (Phi) is 6.58. The Morgan fingerprint density at radius 1 is 1.07 bits per heavy atom. The number of carbonyl (C=O) groups is 2. The molecule has 0 bridgehead atoms. The molecule has 4 rings (SSSR count). The molecule has 4 nitrogen and oxygen atoms in total. The molecule has 0 atom stereocenters. The second-order valence-corrected chi connectivity index (χ2v) is 8.90. The van der Waals surface area contributed by atoms with Gasteiger partial charge in [0, 0.05) is 28.1 Å².